The number of carbonyl (C=O) groups excluding carboxylic acids is 1. The van der Waals surface area contributed by atoms with Crippen LogP contribution in [0.2, 0.25) is 5.02 Å². The van der Waals surface area contributed by atoms with Gasteiger partial charge in [0.1, 0.15) is 17.2 Å². The van der Waals surface area contributed by atoms with Crippen molar-refractivity contribution >= 4 is 34.7 Å². The van der Waals surface area contributed by atoms with E-state index >= 15 is 0 Å². The number of hydrogen-bond donors (Lipinski definition) is 2. The lowest BCUT2D eigenvalue weighted by Gasteiger charge is -2.26. The van der Waals surface area contributed by atoms with Crippen LogP contribution in [0, 0.1) is 0 Å². The van der Waals surface area contributed by atoms with Crippen LogP contribution in [0.4, 0.5) is 5.69 Å². The maximum atomic E-state index is 12.9. The molecule has 0 bridgehead atoms. The highest BCUT2D eigenvalue weighted by Gasteiger charge is 2.18. The molecule has 0 atom stereocenters. The van der Waals surface area contributed by atoms with Gasteiger partial charge in [-0.1, -0.05) is 37.6 Å². The molecule has 2 N–H and O–H groups in total. The lowest BCUT2D eigenvalue weighted by Crippen LogP contribution is -2.39. The molecule has 4 rings (SSSR count). The summed E-state index contributed by atoms with van der Waals surface area (Å²) in [4.78, 5) is 17.5. The molecule has 1 aliphatic rings. The van der Waals surface area contributed by atoms with Gasteiger partial charge in [0.15, 0.2) is 0 Å². The van der Waals surface area contributed by atoms with E-state index in [2.05, 4.69) is 27.6 Å². The van der Waals surface area contributed by atoms with Crippen LogP contribution < -0.4 is 15.6 Å². The molecular weight excluding hydrogens is 400 g/mol. The standard InChI is InChI=1S/C22H25ClN6O/c1-3-18-21(28-14-16(23)7-10-20(28)26-18)22(30)25-13-15-5-8-17(9-6-15)29-12-11-24-19(4-2)27-29/h5-10,14H,3-4,11-13H2,1-2H3,(H,24,27)(H,25,30). The van der Waals surface area contributed by atoms with Crippen LogP contribution in [-0.4, -0.2) is 34.2 Å². The van der Waals surface area contributed by atoms with Crippen molar-refractivity contribution in [2.45, 2.75) is 33.2 Å². The van der Waals surface area contributed by atoms with E-state index in [1.807, 2.05) is 42.3 Å². The minimum absolute atomic E-state index is 0.162. The topological polar surface area (TPSA) is 74.0 Å². The Balaban J connectivity index is 1.47. The van der Waals surface area contributed by atoms with E-state index in [0.717, 1.165) is 42.3 Å². The Labute approximate surface area is 180 Å². The lowest BCUT2D eigenvalue weighted by molar-refractivity contribution is 0.0944. The van der Waals surface area contributed by atoms with Gasteiger partial charge in [0, 0.05) is 25.7 Å². The Kier molecular flexibility index (Phi) is 5.90. The van der Waals surface area contributed by atoms with Crippen LogP contribution in [0.15, 0.2) is 47.7 Å². The summed E-state index contributed by atoms with van der Waals surface area (Å²) in [6.07, 6.45) is 3.28. The second-order valence-electron chi connectivity index (χ2n) is 7.14. The fraction of sp³-hybridized carbons (Fsp3) is 0.318. The number of rotatable bonds is 6. The maximum absolute atomic E-state index is 12.9. The van der Waals surface area contributed by atoms with Crippen molar-refractivity contribution < 1.29 is 4.79 Å². The van der Waals surface area contributed by atoms with Crippen LogP contribution in [-0.2, 0) is 13.0 Å². The number of anilines is 1. The number of hydrazone groups is 1. The molecule has 3 aromatic rings. The van der Waals surface area contributed by atoms with E-state index in [-0.39, 0.29) is 5.91 Å². The second-order valence-corrected chi connectivity index (χ2v) is 7.57. The number of hydrogen-bond acceptors (Lipinski definition) is 5. The van der Waals surface area contributed by atoms with Crippen molar-refractivity contribution in [2.75, 3.05) is 18.1 Å². The minimum atomic E-state index is -0.162. The summed E-state index contributed by atoms with van der Waals surface area (Å²) in [7, 11) is 0. The van der Waals surface area contributed by atoms with Gasteiger partial charge < -0.3 is 10.6 Å². The number of amidine groups is 1. The van der Waals surface area contributed by atoms with Gasteiger partial charge in [0.2, 0.25) is 0 Å². The molecule has 1 aromatic carbocycles. The molecule has 0 fully saturated rings. The number of halogens is 1. The first kappa shape index (κ1) is 20.2. The molecule has 0 spiro atoms. The van der Waals surface area contributed by atoms with Crippen LogP contribution in [0.1, 0.15) is 42.0 Å². The van der Waals surface area contributed by atoms with Crippen molar-refractivity contribution in [1.82, 2.24) is 20.0 Å². The molecule has 8 heteroatoms. The third kappa shape index (κ3) is 4.11. The summed E-state index contributed by atoms with van der Waals surface area (Å²) in [5, 5.41) is 13.5. The van der Waals surface area contributed by atoms with E-state index in [0.29, 0.717) is 29.3 Å². The molecule has 1 amide bonds. The van der Waals surface area contributed by atoms with Gasteiger partial charge in [-0.3, -0.25) is 14.2 Å². The highest BCUT2D eigenvalue weighted by molar-refractivity contribution is 6.30. The number of fused-ring (bicyclic) bond motifs is 1. The molecular formula is C22H25ClN6O. The van der Waals surface area contributed by atoms with Crippen LogP contribution in [0.25, 0.3) is 5.65 Å². The smallest absolute Gasteiger partial charge is 0.270 e. The molecule has 0 radical (unpaired) electrons. The van der Waals surface area contributed by atoms with Gasteiger partial charge in [-0.25, -0.2) is 4.98 Å². The normalized spacial score (nSPS) is 13.8. The first-order valence-electron chi connectivity index (χ1n) is 10.2. The average molecular weight is 425 g/mol. The number of imidazole rings is 1. The number of aryl methyl sites for hydroxylation is 1. The van der Waals surface area contributed by atoms with Crippen LogP contribution >= 0.6 is 11.6 Å². The van der Waals surface area contributed by atoms with Crippen molar-refractivity contribution in [3.8, 4) is 0 Å². The second kappa shape index (κ2) is 8.75. The van der Waals surface area contributed by atoms with Crippen molar-refractivity contribution in [2.24, 2.45) is 5.10 Å². The number of carbonyl (C=O) groups is 1. The van der Waals surface area contributed by atoms with Gasteiger partial charge in [0.25, 0.3) is 5.91 Å². The van der Waals surface area contributed by atoms with Gasteiger partial charge in [-0.05, 0) is 36.2 Å². The van der Waals surface area contributed by atoms with Gasteiger partial charge in [-0.15, -0.1) is 0 Å². The summed E-state index contributed by atoms with van der Waals surface area (Å²) < 4.78 is 1.76. The van der Waals surface area contributed by atoms with Crippen LogP contribution in [0.5, 0.6) is 0 Å². The molecule has 2 aromatic heterocycles. The first-order chi connectivity index (χ1) is 14.6. The highest BCUT2D eigenvalue weighted by atomic mass is 35.5. The third-order valence-electron chi connectivity index (χ3n) is 5.12. The Bertz CT molecular complexity index is 1090. The molecule has 7 nitrogen and oxygen atoms in total. The fourth-order valence-electron chi connectivity index (χ4n) is 3.53. The molecule has 156 valence electrons. The molecule has 0 unspecified atom stereocenters. The van der Waals surface area contributed by atoms with Gasteiger partial charge in [-0.2, -0.15) is 5.10 Å². The number of amides is 1. The van der Waals surface area contributed by atoms with Gasteiger partial charge in [0.05, 0.1) is 22.9 Å². The summed E-state index contributed by atoms with van der Waals surface area (Å²) >= 11 is 6.12. The number of nitrogens with zero attached hydrogens (tertiary/aromatic N) is 4. The number of aromatic nitrogens is 2. The molecule has 30 heavy (non-hydrogen) atoms. The van der Waals surface area contributed by atoms with Crippen molar-refractivity contribution in [1.29, 1.82) is 0 Å². The Morgan fingerprint density at radius 3 is 2.70 bits per heavy atom. The predicted octanol–water partition coefficient (Wildman–Crippen LogP) is 3.61. The van der Waals surface area contributed by atoms with E-state index in [9.17, 15) is 4.79 Å². The highest BCUT2D eigenvalue weighted by Crippen LogP contribution is 2.19. The Morgan fingerprint density at radius 2 is 1.97 bits per heavy atom. The SMILES string of the molecule is CCC1=NN(c2ccc(CNC(=O)c3c(CC)nc4ccc(Cl)cn34)cc2)CCN1. The average Bonchev–Trinajstić information content (AvgIpc) is 3.15. The number of benzene rings is 1. The quantitative estimate of drug-likeness (QED) is 0.633. The van der Waals surface area contributed by atoms with Crippen molar-refractivity contribution in [3.63, 3.8) is 0 Å². The molecule has 3 heterocycles. The molecule has 0 saturated heterocycles. The first-order valence-corrected chi connectivity index (χ1v) is 10.6. The van der Waals surface area contributed by atoms with E-state index in [1.165, 1.54) is 0 Å². The molecule has 1 aliphatic heterocycles. The zero-order valence-electron chi connectivity index (χ0n) is 17.2. The predicted molar refractivity (Wildman–Crippen MR) is 120 cm³/mol. The van der Waals surface area contributed by atoms with E-state index < -0.39 is 0 Å². The van der Waals surface area contributed by atoms with Crippen molar-refractivity contribution in [3.05, 3.63) is 64.6 Å². The molecule has 0 aliphatic carbocycles. The minimum Gasteiger partial charge on any atom is -0.370 e. The van der Waals surface area contributed by atoms with E-state index in [4.69, 9.17) is 11.6 Å². The third-order valence-corrected chi connectivity index (χ3v) is 5.34. The number of nitrogens with one attached hydrogen (secondary N) is 2. The van der Waals surface area contributed by atoms with E-state index in [1.54, 1.807) is 16.7 Å². The zero-order chi connectivity index (χ0) is 21.1. The maximum Gasteiger partial charge on any atom is 0.270 e. The Morgan fingerprint density at radius 1 is 1.17 bits per heavy atom. The number of pyridine rings is 1. The van der Waals surface area contributed by atoms with Gasteiger partial charge >= 0.3 is 0 Å². The Hall–Kier alpha value is -3.06. The fourth-order valence-corrected chi connectivity index (χ4v) is 3.69. The monoisotopic (exact) mass is 424 g/mol. The summed E-state index contributed by atoms with van der Waals surface area (Å²) in [6, 6.07) is 11.7. The summed E-state index contributed by atoms with van der Waals surface area (Å²) in [6.45, 7) is 6.22. The zero-order valence-corrected chi connectivity index (χ0v) is 17.9. The molecule has 0 saturated carbocycles. The summed E-state index contributed by atoms with van der Waals surface area (Å²) in [5.74, 6) is 0.836. The largest absolute Gasteiger partial charge is 0.370 e. The van der Waals surface area contributed by atoms with Crippen LogP contribution in [0.3, 0.4) is 0 Å². The lowest BCUT2D eigenvalue weighted by atomic mass is 10.2. The summed E-state index contributed by atoms with van der Waals surface area (Å²) in [5.41, 5.74) is 4.07.